The number of nitrogen functional groups attached to an aromatic ring is 1. The van der Waals surface area contributed by atoms with E-state index in [1.807, 2.05) is 12.1 Å². The molecule has 1 unspecified atom stereocenters. The molecule has 0 fully saturated rings. The summed E-state index contributed by atoms with van der Waals surface area (Å²) in [6.07, 6.45) is 1.80. The minimum absolute atomic E-state index is 0.0568. The third-order valence-electron chi connectivity index (χ3n) is 6.26. The van der Waals surface area contributed by atoms with Crippen LogP contribution in [0, 0.1) is 0 Å². The Morgan fingerprint density at radius 2 is 1.31 bits per heavy atom. The van der Waals surface area contributed by atoms with Gasteiger partial charge in [0.05, 0.1) is 12.5 Å². The van der Waals surface area contributed by atoms with Crippen LogP contribution in [0.1, 0.15) is 33.7 Å². The van der Waals surface area contributed by atoms with Crippen LogP contribution < -0.4 is 16.4 Å². The molecule has 39 heavy (non-hydrogen) atoms. The summed E-state index contributed by atoms with van der Waals surface area (Å²) < 4.78 is 0. The third kappa shape index (κ3) is 7.80. The molecule has 0 saturated heterocycles. The Labute approximate surface area is 237 Å². The Bertz CT molecular complexity index is 1350. The second-order valence-corrected chi connectivity index (χ2v) is 9.96. The van der Waals surface area contributed by atoms with E-state index in [0.717, 1.165) is 27.8 Å². The van der Waals surface area contributed by atoms with Crippen molar-refractivity contribution in [2.45, 2.75) is 31.5 Å². The Morgan fingerprint density at radius 1 is 0.769 bits per heavy atom. The first kappa shape index (κ1) is 28.1. The number of benzene rings is 3. The fraction of sp³-hybridized carbons (Fsp3) is 0.167. The highest BCUT2D eigenvalue weighted by Gasteiger charge is 2.28. The normalized spacial score (nSPS) is 11.7. The fourth-order valence-electron chi connectivity index (χ4n) is 4.14. The van der Waals surface area contributed by atoms with Crippen molar-refractivity contribution in [3.05, 3.63) is 129 Å². The molecule has 200 valence electrons. The number of nitrogens with one attached hydrogen (secondary N) is 2. The average molecular weight is 563 g/mol. The first-order valence-corrected chi connectivity index (χ1v) is 13.1. The maximum atomic E-state index is 13.8. The lowest BCUT2D eigenvalue weighted by Gasteiger charge is -2.23. The second-order valence-electron chi connectivity index (χ2n) is 9.09. The lowest BCUT2D eigenvalue weighted by Crippen LogP contribution is -2.49. The number of amides is 2. The van der Waals surface area contributed by atoms with Gasteiger partial charge in [-0.25, -0.2) is 4.98 Å². The molecule has 1 atom stereocenters. The van der Waals surface area contributed by atoms with Crippen molar-refractivity contribution >= 4 is 40.8 Å². The minimum Gasteiger partial charge on any atom is -0.392 e. The van der Waals surface area contributed by atoms with Crippen molar-refractivity contribution < 1.29 is 14.7 Å². The van der Waals surface area contributed by atoms with E-state index in [-0.39, 0.29) is 31.4 Å². The van der Waals surface area contributed by atoms with Crippen LogP contribution in [0.4, 0.5) is 5.82 Å². The molecule has 7 nitrogen and oxygen atoms in total. The monoisotopic (exact) mass is 562 g/mol. The number of carbonyl (C=O) groups excluding carboxylic acids is 2. The molecule has 0 bridgehead atoms. The highest BCUT2D eigenvalue weighted by molar-refractivity contribution is 6.30. The van der Waals surface area contributed by atoms with Crippen LogP contribution in [-0.2, 0) is 29.2 Å². The quantitative estimate of drug-likeness (QED) is 0.224. The van der Waals surface area contributed by atoms with E-state index >= 15 is 0 Å². The molecule has 1 aromatic heterocycles. The summed E-state index contributed by atoms with van der Waals surface area (Å²) in [6, 6.07) is 23.8. The smallest absolute Gasteiger partial charge is 0.243 e. The predicted octanol–water partition coefficient (Wildman–Crippen LogP) is 4.64. The van der Waals surface area contributed by atoms with Gasteiger partial charge in [-0.15, -0.1) is 0 Å². The van der Waals surface area contributed by atoms with Gasteiger partial charge in [0.2, 0.25) is 11.8 Å². The number of aliphatic hydroxyl groups excluding tert-OH is 1. The molecule has 0 saturated carbocycles. The molecule has 9 heteroatoms. The van der Waals surface area contributed by atoms with E-state index in [0.29, 0.717) is 15.9 Å². The molecule has 3 aromatic carbocycles. The highest BCUT2D eigenvalue weighted by Crippen LogP contribution is 2.28. The number of aliphatic hydroxyl groups is 1. The standard InChI is InChI=1S/C30H28Cl2N4O3/c31-24-10-6-22(7-11-24)28(23-8-12-25(32)13-9-23)30(39)36-26(15-21-5-14-27(33)34-17-21)29(38)35-16-19-1-3-20(18-37)4-2-19/h1-14,17,26,28,37H,15-16,18H2,(H2,33,34)(H,35,38)(H,36,39). The molecular weight excluding hydrogens is 535 g/mol. The number of anilines is 1. The SMILES string of the molecule is Nc1ccc(CC(NC(=O)C(c2ccc(Cl)cc2)c2ccc(Cl)cc2)C(=O)NCc2ccc(CO)cc2)cn1. The molecule has 0 aliphatic carbocycles. The van der Waals surface area contributed by atoms with E-state index in [4.69, 9.17) is 28.9 Å². The van der Waals surface area contributed by atoms with Crippen molar-refractivity contribution in [2.75, 3.05) is 5.73 Å². The molecule has 0 radical (unpaired) electrons. The summed E-state index contributed by atoms with van der Waals surface area (Å²) in [5, 5.41) is 16.2. The van der Waals surface area contributed by atoms with Crippen LogP contribution in [0.25, 0.3) is 0 Å². The minimum atomic E-state index is -0.887. The second kappa shape index (κ2) is 13.2. The summed E-state index contributed by atoms with van der Waals surface area (Å²) >= 11 is 12.2. The van der Waals surface area contributed by atoms with Gasteiger partial charge in [0.15, 0.2) is 0 Å². The van der Waals surface area contributed by atoms with E-state index in [2.05, 4.69) is 15.6 Å². The molecule has 2 amide bonds. The zero-order valence-electron chi connectivity index (χ0n) is 21.0. The van der Waals surface area contributed by atoms with Crippen LogP contribution in [0.5, 0.6) is 0 Å². The fourth-order valence-corrected chi connectivity index (χ4v) is 4.39. The van der Waals surface area contributed by atoms with E-state index in [1.165, 1.54) is 0 Å². The number of nitrogens with zero attached hydrogens (tertiary/aromatic N) is 1. The number of carbonyl (C=O) groups is 2. The molecule has 4 rings (SSSR count). The molecule has 0 spiro atoms. The van der Waals surface area contributed by atoms with Crippen molar-refractivity contribution in [2.24, 2.45) is 0 Å². The zero-order valence-corrected chi connectivity index (χ0v) is 22.5. The number of aromatic nitrogens is 1. The maximum absolute atomic E-state index is 13.8. The van der Waals surface area contributed by atoms with Crippen LogP contribution >= 0.6 is 23.2 Å². The van der Waals surface area contributed by atoms with E-state index in [9.17, 15) is 14.7 Å². The lowest BCUT2D eigenvalue weighted by atomic mass is 9.90. The Morgan fingerprint density at radius 3 is 1.82 bits per heavy atom. The Balaban J connectivity index is 1.58. The molecule has 5 N–H and O–H groups in total. The van der Waals surface area contributed by atoms with Crippen LogP contribution in [0.3, 0.4) is 0 Å². The van der Waals surface area contributed by atoms with Gasteiger partial charge >= 0.3 is 0 Å². The number of hydrogen-bond donors (Lipinski definition) is 4. The largest absolute Gasteiger partial charge is 0.392 e. The number of hydrogen-bond acceptors (Lipinski definition) is 5. The third-order valence-corrected chi connectivity index (χ3v) is 6.77. The van der Waals surface area contributed by atoms with Crippen molar-refractivity contribution in [3.63, 3.8) is 0 Å². The lowest BCUT2D eigenvalue weighted by molar-refractivity contribution is -0.129. The van der Waals surface area contributed by atoms with Gasteiger partial charge < -0.3 is 21.5 Å². The van der Waals surface area contributed by atoms with Gasteiger partial charge in [-0.3, -0.25) is 9.59 Å². The number of rotatable bonds is 10. The molecule has 1 heterocycles. The molecule has 4 aromatic rings. The molecule has 0 aliphatic heterocycles. The number of halogens is 2. The van der Waals surface area contributed by atoms with Gasteiger partial charge in [-0.1, -0.05) is 77.8 Å². The first-order chi connectivity index (χ1) is 18.8. The van der Waals surface area contributed by atoms with Gasteiger partial charge in [0, 0.05) is 29.2 Å². The Kier molecular flexibility index (Phi) is 9.54. The van der Waals surface area contributed by atoms with Crippen LogP contribution in [0.2, 0.25) is 10.0 Å². The van der Waals surface area contributed by atoms with Gasteiger partial charge in [0.1, 0.15) is 11.9 Å². The summed E-state index contributed by atoms with van der Waals surface area (Å²) in [5.74, 6) is -1.04. The summed E-state index contributed by atoms with van der Waals surface area (Å²) in [5.41, 5.74) is 9.55. The van der Waals surface area contributed by atoms with Crippen LogP contribution in [0.15, 0.2) is 91.1 Å². The number of nitrogens with two attached hydrogens (primary N) is 1. The van der Waals surface area contributed by atoms with Crippen molar-refractivity contribution in [1.29, 1.82) is 0 Å². The maximum Gasteiger partial charge on any atom is 0.243 e. The van der Waals surface area contributed by atoms with Crippen LogP contribution in [-0.4, -0.2) is 27.9 Å². The predicted molar refractivity (Wildman–Crippen MR) is 153 cm³/mol. The molecule has 0 aliphatic rings. The van der Waals surface area contributed by atoms with E-state index in [1.54, 1.807) is 79.0 Å². The average Bonchev–Trinajstić information content (AvgIpc) is 2.95. The topological polar surface area (TPSA) is 117 Å². The van der Waals surface area contributed by atoms with Crippen molar-refractivity contribution in [3.8, 4) is 0 Å². The van der Waals surface area contributed by atoms with Crippen molar-refractivity contribution in [1.82, 2.24) is 15.6 Å². The Hall–Kier alpha value is -3.91. The molecular formula is C30H28Cl2N4O3. The summed E-state index contributed by atoms with van der Waals surface area (Å²) in [7, 11) is 0. The highest BCUT2D eigenvalue weighted by atomic mass is 35.5. The summed E-state index contributed by atoms with van der Waals surface area (Å²) in [4.78, 5) is 31.3. The van der Waals surface area contributed by atoms with E-state index < -0.39 is 12.0 Å². The van der Waals surface area contributed by atoms with Gasteiger partial charge in [-0.2, -0.15) is 0 Å². The van der Waals surface area contributed by atoms with Gasteiger partial charge in [-0.05, 0) is 58.1 Å². The zero-order chi connectivity index (χ0) is 27.8. The first-order valence-electron chi connectivity index (χ1n) is 12.3. The number of pyridine rings is 1. The summed E-state index contributed by atoms with van der Waals surface area (Å²) in [6.45, 7) is 0.202. The van der Waals surface area contributed by atoms with Gasteiger partial charge in [0.25, 0.3) is 0 Å².